The molecule has 8 nitrogen and oxygen atoms in total. The number of methoxy groups -OCH3 is 1. The first kappa shape index (κ1) is 18.0. The molecule has 1 aliphatic heterocycles. The fourth-order valence-electron chi connectivity index (χ4n) is 3.23. The number of hydrogen-bond donors (Lipinski definition) is 1. The maximum Gasteiger partial charge on any atom is 0.272 e. The molecule has 0 radical (unpaired) electrons. The van der Waals surface area contributed by atoms with E-state index in [1.54, 1.807) is 17.2 Å². The summed E-state index contributed by atoms with van der Waals surface area (Å²) in [4.78, 5) is 22.9. The Morgan fingerprint density at radius 3 is 2.86 bits per heavy atom. The highest BCUT2D eigenvalue weighted by molar-refractivity contribution is 5.93. The molecule has 1 N–H and O–H groups in total. The van der Waals surface area contributed by atoms with Gasteiger partial charge in [0.05, 0.1) is 31.7 Å². The van der Waals surface area contributed by atoms with Crippen molar-refractivity contribution in [3.05, 3.63) is 54.5 Å². The highest BCUT2D eigenvalue weighted by atomic mass is 16.5. The number of amides is 1. The molecule has 4 rings (SSSR count). The van der Waals surface area contributed by atoms with Crippen LogP contribution in [0.3, 0.4) is 0 Å². The maximum atomic E-state index is 12.9. The molecular formula is C20H21N5O3. The molecule has 1 aromatic carbocycles. The molecule has 1 atom stereocenters. The Morgan fingerprint density at radius 1 is 1.21 bits per heavy atom. The van der Waals surface area contributed by atoms with Gasteiger partial charge in [-0.1, -0.05) is 30.3 Å². The summed E-state index contributed by atoms with van der Waals surface area (Å²) in [6, 6.07) is 11.5. The number of nitrogens with zero attached hydrogens (tertiary/aromatic N) is 4. The van der Waals surface area contributed by atoms with Crippen molar-refractivity contribution in [2.75, 3.05) is 20.2 Å². The first-order chi connectivity index (χ1) is 13.7. The number of likely N-dealkylation sites (tertiary alicyclic amines) is 1. The first-order valence-corrected chi connectivity index (χ1v) is 9.16. The number of rotatable bonds is 5. The Labute approximate surface area is 162 Å². The second-order valence-corrected chi connectivity index (χ2v) is 6.57. The van der Waals surface area contributed by atoms with E-state index in [9.17, 15) is 4.79 Å². The molecule has 1 fully saturated rings. The van der Waals surface area contributed by atoms with Gasteiger partial charge in [-0.25, -0.2) is 0 Å². The van der Waals surface area contributed by atoms with Gasteiger partial charge in [-0.05, 0) is 18.9 Å². The monoisotopic (exact) mass is 379 g/mol. The molecule has 2 aromatic heterocycles. The van der Waals surface area contributed by atoms with Gasteiger partial charge in [0.15, 0.2) is 0 Å². The zero-order valence-corrected chi connectivity index (χ0v) is 15.5. The van der Waals surface area contributed by atoms with Crippen LogP contribution in [0, 0.1) is 0 Å². The molecule has 0 spiro atoms. The summed E-state index contributed by atoms with van der Waals surface area (Å²) in [5.41, 5.74) is 2.19. The molecule has 8 heteroatoms. The molecule has 0 bridgehead atoms. The number of H-pyrrole nitrogens is 1. The smallest absolute Gasteiger partial charge is 0.272 e. The van der Waals surface area contributed by atoms with E-state index >= 15 is 0 Å². The van der Waals surface area contributed by atoms with E-state index in [1.165, 1.54) is 13.3 Å². The Morgan fingerprint density at radius 2 is 2.04 bits per heavy atom. The topological polar surface area (TPSA) is 93.2 Å². The van der Waals surface area contributed by atoms with Gasteiger partial charge in [0.2, 0.25) is 11.8 Å². The van der Waals surface area contributed by atoms with Crippen molar-refractivity contribution in [2.24, 2.45) is 0 Å². The molecule has 0 aliphatic carbocycles. The van der Waals surface area contributed by atoms with Crippen LogP contribution in [0.5, 0.6) is 11.8 Å². The zero-order chi connectivity index (χ0) is 19.3. The number of nitrogens with one attached hydrogen (secondary N) is 1. The summed E-state index contributed by atoms with van der Waals surface area (Å²) in [5, 5.41) is 7.13. The van der Waals surface area contributed by atoms with Crippen molar-refractivity contribution in [2.45, 2.75) is 18.9 Å². The molecular weight excluding hydrogens is 358 g/mol. The van der Waals surface area contributed by atoms with Gasteiger partial charge in [0, 0.05) is 12.1 Å². The number of aromatic nitrogens is 4. The minimum Gasteiger partial charge on any atom is -0.480 e. The van der Waals surface area contributed by atoms with Crippen molar-refractivity contribution in [3.63, 3.8) is 0 Å². The Balaban J connectivity index is 1.43. The van der Waals surface area contributed by atoms with Gasteiger partial charge in [0.25, 0.3) is 5.91 Å². The van der Waals surface area contributed by atoms with Gasteiger partial charge in [-0.2, -0.15) is 10.1 Å². The SMILES string of the molecule is COc1cncc(OC2CCCN(C(=O)c3cc(-c4ccccc4)n[nH]3)C2)n1. The van der Waals surface area contributed by atoms with Gasteiger partial charge in [-0.15, -0.1) is 0 Å². The molecule has 1 amide bonds. The van der Waals surface area contributed by atoms with Crippen molar-refractivity contribution in [1.82, 2.24) is 25.1 Å². The number of benzene rings is 1. The van der Waals surface area contributed by atoms with Crippen LogP contribution in [0.1, 0.15) is 23.3 Å². The van der Waals surface area contributed by atoms with E-state index in [0.717, 1.165) is 24.1 Å². The van der Waals surface area contributed by atoms with E-state index in [4.69, 9.17) is 9.47 Å². The zero-order valence-electron chi connectivity index (χ0n) is 15.5. The predicted molar refractivity (Wildman–Crippen MR) is 102 cm³/mol. The minimum atomic E-state index is -0.143. The lowest BCUT2D eigenvalue weighted by Gasteiger charge is -2.32. The van der Waals surface area contributed by atoms with Crippen LogP contribution >= 0.6 is 0 Å². The van der Waals surface area contributed by atoms with Gasteiger partial charge < -0.3 is 14.4 Å². The van der Waals surface area contributed by atoms with Gasteiger partial charge in [-0.3, -0.25) is 14.9 Å². The maximum absolute atomic E-state index is 12.9. The number of piperidine rings is 1. The lowest BCUT2D eigenvalue weighted by atomic mass is 10.1. The standard InChI is InChI=1S/C20H21N5O3/c1-27-18-11-21-12-19(22-18)28-15-8-5-9-25(13-15)20(26)17-10-16(23-24-17)14-6-3-2-4-7-14/h2-4,6-7,10-12,15H,5,8-9,13H2,1H3,(H,23,24). The third-order valence-electron chi connectivity index (χ3n) is 4.63. The molecule has 3 heterocycles. The van der Waals surface area contributed by atoms with Crippen molar-refractivity contribution in [1.29, 1.82) is 0 Å². The van der Waals surface area contributed by atoms with Crippen molar-refractivity contribution in [3.8, 4) is 23.0 Å². The van der Waals surface area contributed by atoms with E-state index in [2.05, 4.69) is 20.2 Å². The van der Waals surface area contributed by atoms with Crippen LogP contribution in [-0.2, 0) is 0 Å². The number of carbonyl (C=O) groups excluding carboxylic acids is 1. The molecule has 144 valence electrons. The summed E-state index contributed by atoms with van der Waals surface area (Å²) in [6.07, 6.45) is 4.63. The molecule has 3 aromatic rings. The van der Waals surface area contributed by atoms with E-state index < -0.39 is 0 Å². The molecule has 1 unspecified atom stereocenters. The fourth-order valence-corrected chi connectivity index (χ4v) is 3.23. The normalized spacial score (nSPS) is 16.6. The highest BCUT2D eigenvalue weighted by Gasteiger charge is 2.27. The Bertz CT molecular complexity index is 944. The average Bonchev–Trinajstić information content (AvgIpc) is 3.24. The number of carbonyl (C=O) groups is 1. The van der Waals surface area contributed by atoms with Crippen LogP contribution in [0.15, 0.2) is 48.8 Å². The highest BCUT2D eigenvalue weighted by Crippen LogP contribution is 2.21. The number of hydrogen-bond acceptors (Lipinski definition) is 6. The van der Waals surface area contributed by atoms with Crippen molar-refractivity contribution >= 4 is 5.91 Å². The molecule has 1 saturated heterocycles. The third-order valence-corrected chi connectivity index (χ3v) is 4.63. The van der Waals surface area contributed by atoms with Crippen LogP contribution in [0.2, 0.25) is 0 Å². The van der Waals surface area contributed by atoms with Gasteiger partial charge in [0.1, 0.15) is 11.8 Å². The van der Waals surface area contributed by atoms with Crippen LogP contribution < -0.4 is 9.47 Å². The average molecular weight is 379 g/mol. The lowest BCUT2D eigenvalue weighted by molar-refractivity contribution is 0.0520. The molecule has 28 heavy (non-hydrogen) atoms. The Hall–Kier alpha value is -3.42. The molecule has 1 aliphatic rings. The quantitative estimate of drug-likeness (QED) is 0.732. The van der Waals surface area contributed by atoms with E-state index in [0.29, 0.717) is 30.5 Å². The first-order valence-electron chi connectivity index (χ1n) is 9.16. The summed E-state index contributed by atoms with van der Waals surface area (Å²) < 4.78 is 11.0. The summed E-state index contributed by atoms with van der Waals surface area (Å²) in [5.74, 6) is 0.707. The minimum absolute atomic E-state index is 0.0836. The second-order valence-electron chi connectivity index (χ2n) is 6.57. The number of ether oxygens (including phenoxy) is 2. The van der Waals surface area contributed by atoms with Crippen molar-refractivity contribution < 1.29 is 14.3 Å². The Kier molecular flexibility index (Phi) is 5.18. The lowest BCUT2D eigenvalue weighted by Crippen LogP contribution is -2.44. The number of aromatic amines is 1. The van der Waals surface area contributed by atoms with E-state index in [1.807, 2.05) is 30.3 Å². The second kappa shape index (κ2) is 8.08. The van der Waals surface area contributed by atoms with Gasteiger partial charge >= 0.3 is 0 Å². The molecule has 0 saturated carbocycles. The largest absolute Gasteiger partial charge is 0.480 e. The summed E-state index contributed by atoms with van der Waals surface area (Å²) in [6.45, 7) is 1.17. The summed E-state index contributed by atoms with van der Waals surface area (Å²) in [7, 11) is 1.53. The van der Waals surface area contributed by atoms with Crippen LogP contribution in [-0.4, -0.2) is 57.3 Å². The third kappa shape index (κ3) is 3.95. The summed E-state index contributed by atoms with van der Waals surface area (Å²) >= 11 is 0. The van der Waals surface area contributed by atoms with E-state index in [-0.39, 0.29) is 12.0 Å². The van der Waals surface area contributed by atoms with Crippen LogP contribution in [0.25, 0.3) is 11.3 Å². The predicted octanol–water partition coefficient (Wildman–Crippen LogP) is 2.56. The fraction of sp³-hybridized carbons (Fsp3) is 0.300. The van der Waals surface area contributed by atoms with Crippen LogP contribution in [0.4, 0.5) is 0 Å².